The first-order valence-corrected chi connectivity index (χ1v) is 9.34. The summed E-state index contributed by atoms with van der Waals surface area (Å²) in [6.07, 6.45) is 2.44. The Balaban J connectivity index is 1.72. The SMILES string of the molecule is COc1nc2c(cc1CNC(=O)C(C)(C)C)C(=O)N(CCc1ccccn1)C2. The molecule has 3 rings (SSSR count). The van der Waals surface area contributed by atoms with E-state index in [4.69, 9.17) is 4.74 Å². The van der Waals surface area contributed by atoms with Gasteiger partial charge < -0.3 is 15.0 Å². The van der Waals surface area contributed by atoms with Crippen LogP contribution in [0.4, 0.5) is 0 Å². The number of hydrogen-bond acceptors (Lipinski definition) is 5. The highest BCUT2D eigenvalue weighted by molar-refractivity contribution is 5.98. The predicted molar refractivity (Wildman–Crippen MR) is 105 cm³/mol. The average Bonchev–Trinajstić information content (AvgIpc) is 2.98. The Morgan fingerprint density at radius 2 is 2.11 bits per heavy atom. The molecular formula is C21H26N4O3. The molecular weight excluding hydrogens is 356 g/mol. The van der Waals surface area contributed by atoms with E-state index in [1.807, 2.05) is 39.0 Å². The molecule has 2 amide bonds. The Morgan fingerprint density at radius 1 is 1.32 bits per heavy atom. The number of ether oxygens (including phenoxy) is 1. The average molecular weight is 382 g/mol. The lowest BCUT2D eigenvalue weighted by Gasteiger charge is -2.18. The fourth-order valence-corrected chi connectivity index (χ4v) is 3.02. The van der Waals surface area contributed by atoms with E-state index >= 15 is 0 Å². The number of pyridine rings is 2. The normalized spacial score (nSPS) is 13.4. The summed E-state index contributed by atoms with van der Waals surface area (Å²) in [5.74, 6) is 0.315. The van der Waals surface area contributed by atoms with Crippen molar-refractivity contribution in [1.29, 1.82) is 0 Å². The van der Waals surface area contributed by atoms with E-state index in [2.05, 4.69) is 15.3 Å². The third-order valence-corrected chi connectivity index (χ3v) is 4.68. The molecule has 2 aromatic heterocycles. The molecule has 28 heavy (non-hydrogen) atoms. The Kier molecular flexibility index (Phi) is 5.63. The Bertz CT molecular complexity index is 875. The van der Waals surface area contributed by atoms with E-state index in [0.717, 1.165) is 5.69 Å². The van der Waals surface area contributed by atoms with Gasteiger partial charge in [0, 0.05) is 42.4 Å². The Labute approximate surface area is 165 Å². The summed E-state index contributed by atoms with van der Waals surface area (Å²) in [6, 6.07) is 7.54. The van der Waals surface area contributed by atoms with Crippen LogP contribution in [0, 0.1) is 5.41 Å². The minimum absolute atomic E-state index is 0.0514. The third-order valence-electron chi connectivity index (χ3n) is 4.68. The second kappa shape index (κ2) is 7.96. The molecule has 0 bridgehead atoms. The molecule has 1 aliphatic heterocycles. The highest BCUT2D eigenvalue weighted by Crippen LogP contribution is 2.27. The summed E-state index contributed by atoms with van der Waals surface area (Å²) in [4.78, 5) is 35.5. The number of rotatable bonds is 6. The van der Waals surface area contributed by atoms with Crippen molar-refractivity contribution in [2.24, 2.45) is 5.41 Å². The zero-order chi connectivity index (χ0) is 20.3. The fourth-order valence-electron chi connectivity index (χ4n) is 3.02. The standard InChI is InChI=1S/C21H26N4O3/c1-21(2,3)20(27)23-12-14-11-16-17(24-18(14)28-4)13-25(19(16)26)10-8-15-7-5-6-9-22-15/h5-7,9,11H,8,10,12-13H2,1-4H3,(H,23,27). The zero-order valence-corrected chi connectivity index (χ0v) is 16.8. The third kappa shape index (κ3) is 4.30. The molecule has 1 N–H and O–H groups in total. The lowest BCUT2D eigenvalue weighted by atomic mass is 9.95. The first kappa shape index (κ1) is 19.8. The fraction of sp³-hybridized carbons (Fsp3) is 0.429. The number of nitrogens with zero attached hydrogens (tertiary/aromatic N) is 3. The van der Waals surface area contributed by atoms with Gasteiger partial charge in [-0.3, -0.25) is 14.6 Å². The summed E-state index contributed by atoms with van der Waals surface area (Å²) in [5.41, 5.74) is 2.42. The molecule has 148 valence electrons. The minimum atomic E-state index is -0.491. The van der Waals surface area contributed by atoms with E-state index in [1.165, 1.54) is 0 Å². The molecule has 0 aliphatic carbocycles. The van der Waals surface area contributed by atoms with E-state index in [9.17, 15) is 9.59 Å². The maximum atomic E-state index is 12.8. The summed E-state index contributed by atoms with van der Waals surface area (Å²) in [6.45, 7) is 6.84. The lowest BCUT2D eigenvalue weighted by molar-refractivity contribution is -0.128. The molecule has 7 heteroatoms. The number of aromatic nitrogens is 2. The van der Waals surface area contributed by atoms with Gasteiger partial charge in [-0.1, -0.05) is 26.8 Å². The van der Waals surface area contributed by atoms with E-state index in [1.54, 1.807) is 24.3 Å². The second-order valence-electron chi connectivity index (χ2n) is 7.88. The Morgan fingerprint density at radius 3 is 2.75 bits per heavy atom. The van der Waals surface area contributed by atoms with Gasteiger partial charge in [0.2, 0.25) is 11.8 Å². The van der Waals surface area contributed by atoms with Gasteiger partial charge >= 0.3 is 0 Å². The van der Waals surface area contributed by atoms with Gasteiger partial charge in [-0.05, 0) is 18.2 Å². The summed E-state index contributed by atoms with van der Waals surface area (Å²) >= 11 is 0. The van der Waals surface area contributed by atoms with Gasteiger partial charge in [0.05, 0.1) is 24.9 Å². The van der Waals surface area contributed by atoms with E-state index in [0.29, 0.717) is 42.2 Å². The second-order valence-corrected chi connectivity index (χ2v) is 7.88. The monoisotopic (exact) mass is 382 g/mol. The minimum Gasteiger partial charge on any atom is -0.481 e. The number of amides is 2. The highest BCUT2D eigenvalue weighted by atomic mass is 16.5. The first-order valence-electron chi connectivity index (χ1n) is 9.34. The van der Waals surface area contributed by atoms with Crippen LogP contribution in [0.5, 0.6) is 5.88 Å². The van der Waals surface area contributed by atoms with Crippen molar-refractivity contribution in [3.8, 4) is 5.88 Å². The Hall–Kier alpha value is -2.96. The molecule has 0 fully saturated rings. The molecule has 0 unspecified atom stereocenters. The summed E-state index contributed by atoms with van der Waals surface area (Å²) < 4.78 is 5.39. The van der Waals surface area contributed by atoms with E-state index in [-0.39, 0.29) is 18.4 Å². The number of carbonyl (C=O) groups is 2. The molecule has 7 nitrogen and oxygen atoms in total. The zero-order valence-electron chi connectivity index (χ0n) is 16.8. The van der Waals surface area contributed by atoms with E-state index < -0.39 is 5.41 Å². The van der Waals surface area contributed by atoms with Gasteiger partial charge in [0.15, 0.2) is 0 Å². The lowest BCUT2D eigenvalue weighted by Crippen LogP contribution is -2.34. The van der Waals surface area contributed by atoms with Crippen molar-refractivity contribution >= 4 is 11.8 Å². The number of methoxy groups -OCH3 is 1. The molecule has 2 aromatic rings. The maximum absolute atomic E-state index is 12.8. The van der Waals surface area contributed by atoms with Crippen molar-refractivity contribution in [3.63, 3.8) is 0 Å². The number of hydrogen-bond donors (Lipinski definition) is 1. The molecule has 1 aliphatic rings. The van der Waals surface area contributed by atoms with Crippen LogP contribution in [0.2, 0.25) is 0 Å². The highest BCUT2D eigenvalue weighted by Gasteiger charge is 2.30. The smallest absolute Gasteiger partial charge is 0.256 e. The number of carbonyl (C=O) groups excluding carboxylic acids is 2. The molecule has 0 atom stereocenters. The first-order chi connectivity index (χ1) is 13.3. The van der Waals surface area contributed by atoms with Gasteiger partial charge in [-0.15, -0.1) is 0 Å². The van der Waals surface area contributed by atoms with Crippen LogP contribution in [0.25, 0.3) is 0 Å². The van der Waals surface area contributed by atoms with Crippen LogP contribution < -0.4 is 10.1 Å². The van der Waals surface area contributed by atoms with Crippen molar-refractivity contribution in [3.05, 3.63) is 53.0 Å². The predicted octanol–water partition coefficient (Wildman–Crippen LogP) is 2.35. The molecule has 0 saturated heterocycles. The molecule has 3 heterocycles. The molecule has 0 saturated carbocycles. The molecule has 0 radical (unpaired) electrons. The van der Waals surface area contributed by atoms with Crippen molar-refractivity contribution in [1.82, 2.24) is 20.2 Å². The molecule has 0 aromatic carbocycles. The maximum Gasteiger partial charge on any atom is 0.256 e. The van der Waals surface area contributed by atoms with Crippen molar-refractivity contribution in [2.45, 2.75) is 40.3 Å². The topological polar surface area (TPSA) is 84.4 Å². The number of fused-ring (bicyclic) bond motifs is 1. The largest absolute Gasteiger partial charge is 0.481 e. The summed E-state index contributed by atoms with van der Waals surface area (Å²) in [7, 11) is 1.54. The van der Waals surface area contributed by atoms with Crippen LogP contribution in [-0.4, -0.2) is 40.3 Å². The van der Waals surface area contributed by atoms with Gasteiger partial charge in [0.25, 0.3) is 5.91 Å². The quantitative estimate of drug-likeness (QED) is 0.829. The van der Waals surface area contributed by atoms with Gasteiger partial charge in [-0.25, -0.2) is 4.98 Å². The number of nitrogens with one attached hydrogen (secondary N) is 1. The molecule has 0 spiro atoms. The van der Waals surface area contributed by atoms with Crippen LogP contribution in [0.3, 0.4) is 0 Å². The van der Waals surface area contributed by atoms with Crippen molar-refractivity contribution < 1.29 is 14.3 Å². The van der Waals surface area contributed by atoms with Crippen LogP contribution in [-0.2, 0) is 24.3 Å². The van der Waals surface area contributed by atoms with Gasteiger partial charge in [-0.2, -0.15) is 0 Å². The van der Waals surface area contributed by atoms with Crippen LogP contribution >= 0.6 is 0 Å². The summed E-state index contributed by atoms with van der Waals surface area (Å²) in [5, 5.41) is 2.89. The van der Waals surface area contributed by atoms with Crippen molar-refractivity contribution in [2.75, 3.05) is 13.7 Å². The van der Waals surface area contributed by atoms with Gasteiger partial charge in [0.1, 0.15) is 0 Å². The van der Waals surface area contributed by atoms with Crippen LogP contribution in [0.1, 0.15) is 48.1 Å². The van der Waals surface area contributed by atoms with Crippen LogP contribution in [0.15, 0.2) is 30.5 Å².